The Morgan fingerprint density at radius 2 is 2.22 bits per heavy atom. The van der Waals surface area contributed by atoms with Gasteiger partial charge in [-0.1, -0.05) is 40.8 Å². The Bertz CT molecular complexity index is 596. The second-order valence-corrected chi connectivity index (χ2v) is 5.12. The van der Waals surface area contributed by atoms with Crippen LogP contribution in [0.5, 0.6) is 0 Å². The molecular weight excluding hydrogens is 292 g/mol. The summed E-state index contributed by atoms with van der Waals surface area (Å²) in [4.78, 5) is 2.63. The van der Waals surface area contributed by atoms with Gasteiger partial charge in [0.15, 0.2) is 0 Å². The van der Waals surface area contributed by atoms with E-state index in [1.54, 1.807) is 0 Å². The summed E-state index contributed by atoms with van der Waals surface area (Å²) in [7, 11) is 0. The molecule has 0 N–H and O–H groups in total. The topological polar surface area (TPSA) is 53.7 Å². The number of hydrogen-bond acceptors (Lipinski definition) is 1. The zero-order chi connectivity index (χ0) is 13.0. The van der Waals surface area contributed by atoms with Crippen molar-refractivity contribution in [2.45, 2.75) is 26.2 Å². The molecule has 4 nitrogen and oxygen atoms in total. The number of aromatic nitrogens is 1. The first-order valence-electron chi connectivity index (χ1n) is 6.09. The van der Waals surface area contributed by atoms with Gasteiger partial charge in [-0.3, -0.25) is 0 Å². The number of rotatable bonds is 4. The Labute approximate surface area is 114 Å². The van der Waals surface area contributed by atoms with E-state index in [0.29, 0.717) is 6.54 Å². The average Bonchev–Trinajstić information content (AvgIpc) is 3.09. The zero-order valence-corrected chi connectivity index (χ0v) is 11.9. The lowest BCUT2D eigenvalue weighted by molar-refractivity contribution is 0.725. The molecule has 2 heterocycles. The van der Waals surface area contributed by atoms with Gasteiger partial charge in [0.2, 0.25) is 0 Å². The van der Waals surface area contributed by atoms with Crippen LogP contribution in [0.15, 0.2) is 34.0 Å². The Morgan fingerprint density at radius 1 is 1.39 bits per heavy atom. The van der Waals surface area contributed by atoms with Gasteiger partial charge >= 0.3 is 0 Å². The lowest BCUT2D eigenvalue weighted by Crippen LogP contribution is -1.86. The fourth-order valence-corrected chi connectivity index (χ4v) is 2.20. The van der Waals surface area contributed by atoms with Crippen molar-refractivity contribution in [3.05, 3.63) is 39.3 Å². The van der Waals surface area contributed by atoms with E-state index in [1.807, 2.05) is 0 Å². The average molecular weight is 307 g/mol. The van der Waals surface area contributed by atoms with Crippen LogP contribution >= 0.6 is 15.9 Å². The number of nitrogens with zero attached hydrogens (tertiary/aromatic N) is 4. The molecule has 1 aromatic rings. The summed E-state index contributed by atoms with van der Waals surface area (Å²) in [5.74, 6) is 0. The third-order valence-electron chi connectivity index (χ3n) is 2.86. The quantitative estimate of drug-likeness (QED) is 0.275. The first-order valence-corrected chi connectivity index (χ1v) is 6.89. The lowest BCUT2D eigenvalue weighted by Gasteiger charge is -2.03. The monoisotopic (exact) mass is 306 g/mol. The molecule has 0 aromatic heterocycles. The highest BCUT2D eigenvalue weighted by molar-refractivity contribution is 9.10. The minimum absolute atomic E-state index is 0.657. The Kier molecular flexibility index (Phi) is 4.28. The van der Waals surface area contributed by atoms with Crippen LogP contribution in [0.3, 0.4) is 0 Å². The van der Waals surface area contributed by atoms with Gasteiger partial charge in [0.1, 0.15) is 0 Å². The number of fused-ring (bicyclic) bond motifs is 4. The predicted octanol–water partition coefficient (Wildman–Crippen LogP) is 5.19. The van der Waals surface area contributed by atoms with Crippen molar-refractivity contribution in [1.82, 2.24) is 4.57 Å². The molecule has 5 heteroatoms. The van der Waals surface area contributed by atoms with Gasteiger partial charge < -0.3 is 4.57 Å². The summed E-state index contributed by atoms with van der Waals surface area (Å²) in [6, 6.07) is 6.36. The molecule has 0 bridgehead atoms. The second kappa shape index (κ2) is 5.94. The van der Waals surface area contributed by atoms with Gasteiger partial charge in [0.05, 0.1) is 11.2 Å². The van der Waals surface area contributed by atoms with Crippen LogP contribution in [0.2, 0.25) is 0 Å². The summed E-state index contributed by atoms with van der Waals surface area (Å²) in [5, 5.41) is 4.77. The molecule has 0 saturated heterocycles. The van der Waals surface area contributed by atoms with Gasteiger partial charge in [-0.05, 0) is 30.2 Å². The van der Waals surface area contributed by atoms with E-state index >= 15 is 0 Å². The summed E-state index contributed by atoms with van der Waals surface area (Å²) in [6.07, 6.45) is 5.53. The Hall–Kier alpha value is -1.45. The molecule has 3 rings (SSSR count). The van der Waals surface area contributed by atoms with Crippen molar-refractivity contribution < 1.29 is 0 Å². The van der Waals surface area contributed by atoms with Gasteiger partial charge in [-0.2, -0.15) is 0 Å². The molecule has 0 saturated carbocycles. The molecule has 0 atom stereocenters. The van der Waals surface area contributed by atoms with Crippen LogP contribution in [-0.4, -0.2) is 11.1 Å². The van der Waals surface area contributed by atoms with E-state index in [2.05, 4.69) is 61.8 Å². The molecule has 2 aliphatic rings. The van der Waals surface area contributed by atoms with E-state index in [-0.39, 0.29) is 0 Å². The van der Waals surface area contributed by atoms with Crippen molar-refractivity contribution in [3.8, 4) is 5.69 Å². The molecule has 0 aliphatic carbocycles. The van der Waals surface area contributed by atoms with Crippen molar-refractivity contribution >= 4 is 26.8 Å². The highest BCUT2D eigenvalue weighted by Crippen LogP contribution is 2.39. The van der Waals surface area contributed by atoms with Gasteiger partial charge in [-0.15, -0.1) is 0 Å². The second-order valence-electron chi connectivity index (χ2n) is 4.21. The Balaban J connectivity index is 0.000000139. The summed E-state index contributed by atoms with van der Waals surface area (Å²) >= 11 is 3.43. The van der Waals surface area contributed by atoms with Crippen LogP contribution < -0.4 is 0 Å². The molecule has 0 fully saturated rings. The summed E-state index contributed by atoms with van der Waals surface area (Å²) in [5.41, 5.74) is 10.6. The molecule has 0 amide bonds. The largest absolute Gasteiger partial charge is 0.312 e. The third kappa shape index (κ3) is 2.86. The highest BCUT2D eigenvalue weighted by atomic mass is 79.9. The van der Waals surface area contributed by atoms with Gasteiger partial charge in [0, 0.05) is 27.5 Å². The van der Waals surface area contributed by atoms with Crippen molar-refractivity contribution in [3.63, 3.8) is 0 Å². The maximum atomic E-state index is 7.82. The normalized spacial score (nSPS) is 10.6. The summed E-state index contributed by atoms with van der Waals surface area (Å²) < 4.78 is 3.36. The van der Waals surface area contributed by atoms with Crippen LogP contribution in [0.4, 0.5) is 0 Å². The van der Waals surface area contributed by atoms with Crippen molar-refractivity contribution in [2.24, 2.45) is 5.11 Å². The van der Waals surface area contributed by atoms with E-state index < -0.39 is 0 Å². The van der Waals surface area contributed by atoms with Crippen LogP contribution in [-0.2, 0) is 0 Å². The van der Waals surface area contributed by atoms with Gasteiger partial charge in [-0.25, -0.2) is 0 Å². The van der Waals surface area contributed by atoms with Gasteiger partial charge in [0.25, 0.3) is 0 Å². The fraction of sp³-hybridized carbons (Fsp3) is 0.385. The first-order chi connectivity index (χ1) is 8.77. The molecule has 0 unspecified atom stereocenters. The maximum absolute atomic E-state index is 7.82. The fourth-order valence-electron chi connectivity index (χ4n) is 1.84. The molecule has 1 aromatic carbocycles. The van der Waals surface area contributed by atoms with Crippen molar-refractivity contribution in [1.29, 1.82) is 0 Å². The molecule has 18 heavy (non-hydrogen) atoms. The molecular formula is C13H15BrN4. The predicted molar refractivity (Wildman–Crippen MR) is 78.1 cm³/mol. The third-order valence-corrected chi connectivity index (χ3v) is 3.36. The SMILES string of the molecule is Brc1ccc2c(c1)c1cn2-1.CCCCCN=[N+]=[N-]. The van der Waals surface area contributed by atoms with Crippen LogP contribution in [0.1, 0.15) is 26.2 Å². The summed E-state index contributed by atoms with van der Waals surface area (Å²) in [6.45, 7) is 2.78. The molecule has 2 aliphatic heterocycles. The molecule has 94 valence electrons. The Morgan fingerprint density at radius 3 is 2.94 bits per heavy atom. The van der Waals surface area contributed by atoms with E-state index in [0.717, 1.165) is 6.42 Å². The number of hydrogen-bond donors (Lipinski definition) is 0. The van der Waals surface area contributed by atoms with E-state index in [1.165, 1.54) is 33.9 Å². The first kappa shape index (κ1) is 13.0. The molecule has 0 spiro atoms. The lowest BCUT2D eigenvalue weighted by atomic mass is 10.2. The van der Waals surface area contributed by atoms with Crippen LogP contribution in [0.25, 0.3) is 27.0 Å². The van der Waals surface area contributed by atoms with E-state index in [4.69, 9.17) is 5.53 Å². The minimum Gasteiger partial charge on any atom is -0.312 e. The smallest absolute Gasteiger partial charge is 0.0717 e. The molecule has 0 radical (unpaired) electrons. The van der Waals surface area contributed by atoms with Crippen molar-refractivity contribution in [2.75, 3.05) is 6.54 Å². The highest BCUT2D eigenvalue weighted by Gasteiger charge is 2.21. The number of benzene rings is 1. The zero-order valence-electron chi connectivity index (χ0n) is 10.3. The number of halogens is 1. The van der Waals surface area contributed by atoms with E-state index in [9.17, 15) is 0 Å². The maximum Gasteiger partial charge on any atom is 0.0717 e. The minimum atomic E-state index is 0.657. The van der Waals surface area contributed by atoms with Crippen LogP contribution in [0, 0.1) is 0 Å². The number of unbranched alkanes of at least 4 members (excludes halogenated alkanes) is 2. The number of azide groups is 1. The standard InChI is InChI=1S/C8H4BrN.C5H11N3/c9-5-1-2-7-6(3-5)8-4-10(7)8;1-2-3-4-5-7-8-6/h1-4H;2-5H2,1H3.